The van der Waals surface area contributed by atoms with Crippen LogP contribution in [0.15, 0.2) is 17.2 Å². The first kappa shape index (κ1) is 14.5. The standard InChI is InChI=1S/C12H22N4O2S/c1-15-4-3-10(8-15)7-14-19(17,18)12-5-11(6-13)16(2)9-12/h5,9-10,14H,3-4,6-8,13H2,1-2H3. The maximum absolute atomic E-state index is 12.2. The lowest BCUT2D eigenvalue weighted by atomic mass is 10.1. The molecule has 1 aromatic heterocycles. The van der Waals surface area contributed by atoms with E-state index >= 15 is 0 Å². The fraction of sp³-hybridized carbons (Fsp3) is 0.667. The van der Waals surface area contributed by atoms with Gasteiger partial charge in [0.25, 0.3) is 0 Å². The molecule has 3 N–H and O–H groups in total. The van der Waals surface area contributed by atoms with Crippen molar-refractivity contribution in [3.63, 3.8) is 0 Å². The lowest BCUT2D eigenvalue weighted by molar-refractivity contribution is 0.394. The molecule has 0 amide bonds. The van der Waals surface area contributed by atoms with Gasteiger partial charge >= 0.3 is 0 Å². The Morgan fingerprint density at radius 1 is 1.47 bits per heavy atom. The molecule has 1 aliphatic rings. The van der Waals surface area contributed by atoms with E-state index < -0.39 is 10.0 Å². The number of hydrogen-bond donors (Lipinski definition) is 2. The molecule has 1 fully saturated rings. The maximum atomic E-state index is 12.2. The molecule has 0 radical (unpaired) electrons. The van der Waals surface area contributed by atoms with Crippen molar-refractivity contribution >= 4 is 10.0 Å². The van der Waals surface area contributed by atoms with Gasteiger partial charge in [-0.1, -0.05) is 0 Å². The smallest absolute Gasteiger partial charge is 0.242 e. The van der Waals surface area contributed by atoms with Gasteiger partial charge in [-0.3, -0.25) is 0 Å². The number of rotatable bonds is 5. The predicted octanol–water partition coefficient (Wildman–Crippen LogP) is -0.286. The van der Waals surface area contributed by atoms with Crippen molar-refractivity contribution in [2.24, 2.45) is 18.7 Å². The van der Waals surface area contributed by atoms with Crippen molar-refractivity contribution in [1.29, 1.82) is 0 Å². The monoisotopic (exact) mass is 286 g/mol. The minimum atomic E-state index is -3.42. The van der Waals surface area contributed by atoms with Gasteiger partial charge in [0.2, 0.25) is 10.0 Å². The summed E-state index contributed by atoms with van der Waals surface area (Å²) in [6.45, 7) is 2.82. The highest BCUT2D eigenvalue weighted by Crippen LogP contribution is 2.16. The molecule has 1 unspecified atom stereocenters. The van der Waals surface area contributed by atoms with Crippen LogP contribution in [-0.4, -0.2) is 44.6 Å². The molecule has 19 heavy (non-hydrogen) atoms. The largest absolute Gasteiger partial charge is 0.352 e. The minimum Gasteiger partial charge on any atom is -0.352 e. The highest BCUT2D eigenvalue weighted by atomic mass is 32.2. The summed E-state index contributed by atoms with van der Waals surface area (Å²) in [5.41, 5.74) is 6.36. The van der Waals surface area contributed by atoms with Crippen LogP contribution in [0, 0.1) is 5.92 Å². The van der Waals surface area contributed by atoms with Crippen LogP contribution in [0.25, 0.3) is 0 Å². The van der Waals surface area contributed by atoms with Crippen LogP contribution in [0.5, 0.6) is 0 Å². The van der Waals surface area contributed by atoms with Crippen LogP contribution in [-0.2, 0) is 23.6 Å². The predicted molar refractivity (Wildman–Crippen MR) is 74.1 cm³/mol. The van der Waals surface area contributed by atoms with Crippen molar-refractivity contribution in [2.45, 2.75) is 17.9 Å². The molecule has 0 aromatic carbocycles. The second-order valence-corrected chi connectivity index (χ2v) is 7.02. The van der Waals surface area contributed by atoms with E-state index in [4.69, 9.17) is 5.73 Å². The average molecular weight is 286 g/mol. The summed E-state index contributed by atoms with van der Waals surface area (Å²) < 4.78 is 28.8. The molecule has 2 rings (SSSR count). The van der Waals surface area contributed by atoms with E-state index in [1.165, 1.54) is 0 Å². The summed E-state index contributed by atoms with van der Waals surface area (Å²) >= 11 is 0. The summed E-state index contributed by atoms with van der Waals surface area (Å²) in [4.78, 5) is 2.51. The molecule has 2 heterocycles. The Morgan fingerprint density at radius 2 is 2.21 bits per heavy atom. The summed E-state index contributed by atoms with van der Waals surface area (Å²) in [6.07, 6.45) is 2.65. The lowest BCUT2D eigenvalue weighted by Crippen LogP contribution is -2.30. The van der Waals surface area contributed by atoms with Crippen LogP contribution in [0.4, 0.5) is 0 Å². The molecule has 6 nitrogen and oxygen atoms in total. The Labute approximate surface area is 114 Å². The second kappa shape index (κ2) is 5.62. The zero-order valence-electron chi connectivity index (χ0n) is 11.5. The molecule has 0 spiro atoms. The van der Waals surface area contributed by atoms with Gasteiger partial charge in [-0.05, 0) is 32.0 Å². The van der Waals surface area contributed by atoms with E-state index in [0.29, 0.717) is 23.9 Å². The van der Waals surface area contributed by atoms with Crippen LogP contribution >= 0.6 is 0 Å². The van der Waals surface area contributed by atoms with E-state index in [-0.39, 0.29) is 0 Å². The maximum Gasteiger partial charge on any atom is 0.242 e. The van der Waals surface area contributed by atoms with Crippen molar-refractivity contribution in [3.8, 4) is 0 Å². The number of nitrogens with two attached hydrogens (primary N) is 1. The van der Waals surface area contributed by atoms with Crippen LogP contribution in [0.1, 0.15) is 12.1 Å². The molecule has 0 saturated carbocycles. The number of likely N-dealkylation sites (tertiary alicyclic amines) is 1. The Balaban J connectivity index is 2.01. The SMILES string of the molecule is CN1CCC(CNS(=O)(=O)c2cc(CN)n(C)c2)C1. The van der Waals surface area contributed by atoms with Crippen molar-refractivity contribution < 1.29 is 8.42 Å². The molecule has 108 valence electrons. The van der Waals surface area contributed by atoms with Gasteiger partial charge in [-0.2, -0.15) is 0 Å². The van der Waals surface area contributed by atoms with E-state index in [1.54, 1.807) is 23.9 Å². The van der Waals surface area contributed by atoms with E-state index in [0.717, 1.165) is 25.2 Å². The molecular weight excluding hydrogens is 264 g/mol. The molecule has 1 aromatic rings. The Morgan fingerprint density at radius 3 is 2.74 bits per heavy atom. The summed E-state index contributed by atoms with van der Waals surface area (Å²) in [5, 5.41) is 0. The molecule has 0 aliphatic carbocycles. The Hall–Kier alpha value is -0.890. The molecule has 1 aliphatic heterocycles. The molecule has 0 bridgehead atoms. The third-order valence-electron chi connectivity index (χ3n) is 3.65. The van der Waals surface area contributed by atoms with E-state index in [9.17, 15) is 8.42 Å². The summed E-state index contributed by atoms with van der Waals surface area (Å²) in [5.74, 6) is 0.400. The van der Waals surface area contributed by atoms with Crippen LogP contribution < -0.4 is 10.5 Å². The van der Waals surface area contributed by atoms with Crippen LogP contribution in [0.3, 0.4) is 0 Å². The summed E-state index contributed by atoms with van der Waals surface area (Å²) in [7, 11) is 0.432. The zero-order valence-corrected chi connectivity index (χ0v) is 12.3. The van der Waals surface area contributed by atoms with Gasteiger partial charge in [0, 0.05) is 38.6 Å². The minimum absolute atomic E-state index is 0.293. The molecular formula is C12H22N4O2S. The number of sulfonamides is 1. The lowest BCUT2D eigenvalue weighted by Gasteiger charge is -2.11. The van der Waals surface area contributed by atoms with Gasteiger partial charge in [0.15, 0.2) is 0 Å². The van der Waals surface area contributed by atoms with Gasteiger partial charge in [-0.15, -0.1) is 0 Å². The highest BCUT2D eigenvalue weighted by Gasteiger charge is 2.23. The van der Waals surface area contributed by atoms with Gasteiger partial charge < -0.3 is 15.2 Å². The first-order valence-corrected chi connectivity index (χ1v) is 7.94. The van der Waals surface area contributed by atoms with Crippen molar-refractivity contribution in [1.82, 2.24) is 14.2 Å². The second-order valence-electron chi connectivity index (χ2n) is 5.25. The molecule has 1 atom stereocenters. The zero-order chi connectivity index (χ0) is 14.0. The number of aryl methyl sites for hydroxylation is 1. The van der Waals surface area contributed by atoms with Gasteiger partial charge in [-0.25, -0.2) is 13.1 Å². The third-order valence-corrected chi connectivity index (χ3v) is 5.04. The van der Waals surface area contributed by atoms with Crippen LogP contribution in [0.2, 0.25) is 0 Å². The van der Waals surface area contributed by atoms with Gasteiger partial charge in [0.1, 0.15) is 0 Å². The topological polar surface area (TPSA) is 80.4 Å². The molecule has 1 saturated heterocycles. The molecule has 7 heteroatoms. The average Bonchev–Trinajstić information content (AvgIpc) is 2.93. The van der Waals surface area contributed by atoms with Crippen molar-refractivity contribution in [3.05, 3.63) is 18.0 Å². The normalized spacial score (nSPS) is 21.1. The Kier molecular flexibility index (Phi) is 4.29. The number of aromatic nitrogens is 1. The fourth-order valence-corrected chi connectivity index (χ4v) is 3.64. The van der Waals surface area contributed by atoms with E-state index in [1.807, 2.05) is 0 Å². The number of nitrogens with one attached hydrogen (secondary N) is 1. The van der Waals surface area contributed by atoms with Gasteiger partial charge in [0.05, 0.1) is 4.90 Å². The number of nitrogens with zero attached hydrogens (tertiary/aromatic N) is 2. The Bertz CT molecular complexity index is 538. The first-order valence-electron chi connectivity index (χ1n) is 6.46. The quantitative estimate of drug-likeness (QED) is 0.780. The first-order chi connectivity index (χ1) is 8.92. The number of hydrogen-bond acceptors (Lipinski definition) is 4. The van der Waals surface area contributed by atoms with E-state index in [2.05, 4.69) is 16.7 Å². The highest BCUT2D eigenvalue weighted by molar-refractivity contribution is 7.89. The summed E-state index contributed by atoms with van der Waals surface area (Å²) in [6, 6.07) is 1.63. The van der Waals surface area contributed by atoms with Crippen molar-refractivity contribution in [2.75, 3.05) is 26.7 Å². The third kappa shape index (κ3) is 3.36. The fourth-order valence-electron chi connectivity index (χ4n) is 2.43.